The molecule has 1 rings (SSSR count). The molecule has 0 unspecified atom stereocenters. The van der Waals surface area contributed by atoms with Gasteiger partial charge >= 0.3 is 0 Å². The first-order valence-corrected chi connectivity index (χ1v) is 2.95. The summed E-state index contributed by atoms with van der Waals surface area (Å²) in [7, 11) is 0. The monoisotopic (exact) mass is 114 g/mol. The van der Waals surface area contributed by atoms with Crippen LogP contribution in [-0.4, -0.2) is 18.0 Å². The normalized spacial score (nSPS) is 37.6. The molecule has 0 aromatic carbocycles. The molecule has 2 atom stereocenters. The Labute approximate surface area is 49.6 Å². The summed E-state index contributed by atoms with van der Waals surface area (Å²) >= 11 is 0. The zero-order valence-corrected chi connectivity index (χ0v) is 5.56. The van der Waals surface area contributed by atoms with Gasteiger partial charge in [0, 0.05) is 13.8 Å². The number of hydrogen-bond acceptors (Lipinski definition) is 1. The van der Waals surface area contributed by atoms with Gasteiger partial charge in [0.15, 0.2) is 5.71 Å². The van der Waals surface area contributed by atoms with Crippen LogP contribution in [0.1, 0.15) is 20.8 Å². The molecule has 0 saturated heterocycles. The van der Waals surface area contributed by atoms with Gasteiger partial charge in [0.05, 0.1) is 0 Å². The maximum Gasteiger partial charge on any atom is 0.253 e. The van der Waals surface area contributed by atoms with E-state index in [1.54, 1.807) is 0 Å². The van der Waals surface area contributed by atoms with Gasteiger partial charge in [-0.25, -0.2) is 4.99 Å². The Bertz CT molecular complexity index is 120. The van der Waals surface area contributed by atoms with Crippen LogP contribution in [-0.2, 0) is 4.74 Å². The van der Waals surface area contributed by atoms with Crippen LogP contribution in [0.3, 0.4) is 0 Å². The van der Waals surface area contributed by atoms with Crippen LogP contribution in [0.15, 0.2) is 0 Å². The molecule has 0 radical (unpaired) electrons. The highest BCUT2D eigenvalue weighted by atomic mass is 16.5. The molecule has 46 valence electrons. The molecule has 8 heavy (non-hydrogen) atoms. The van der Waals surface area contributed by atoms with Gasteiger partial charge in [0.25, 0.3) is 6.23 Å². The second-order valence-corrected chi connectivity index (χ2v) is 2.25. The van der Waals surface area contributed by atoms with Gasteiger partial charge in [0.1, 0.15) is 6.10 Å². The Morgan fingerprint density at radius 3 is 2.25 bits per heavy atom. The van der Waals surface area contributed by atoms with Gasteiger partial charge in [-0.1, -0.05) is 0 Å². The Morgan fingerprint density at radius 1 is 1.50 bits per heavy atom. The average molecular weight is 114 g/mol. The molecule has 1 N–H and O–H groups in total. The van der Waals surface area contributed by atoms with Crippen molar-refractivity contribution >= 4 is 5.71 Å². The molecule has 0 aliphatic carbocycles. The Kier molecular flexibility index (Phi) is 1.34. The maximum atomic E-state index is 5.33. The quantitative estimate of drug-likeness (QED) is 0.442. The van der Waals surface area contributed by atoms with Crippen molar-refractivity contribution in [3.8, 4) is 0 Å². The zero-order chi connectivity index (χ0) is 6.15. The first-order valence-electron chi connectivity index (χ1n) is 2.95. The van der Waals surface area contributed by atoms with Gasteiger partial charge in [0.2, 0.25) is 0 Å². The molecular formula is C6H12NO+. The number of rotatable bonds is 0. The van der Waals surface area contributed by atoms with Crippen molar-refractivity contribution in [3.05, 3.63) is 0 Å². The molecule has 0 spiro atoms. The molecule has 0 aromatic rings. The van der Waals surface area contributed by atoms with E-state index in [2.05, 4.69) is 4.99 Å². The van der Waals surface area contributed by atoms with Gasteiger partial charge in [-0.15, -0.1) is 0 Å². The van der Waals surface area contributed by atoms with Crippen molar-refractivity contribution in [2.75, 3.05) is 0 Å². The summed E-state index contributed by atoms with van der Waals surface area (Å²) in [4.78, 5) is 3.16. The van der Waals surface area contributed by atoms with Gasteiger partial charge in [-0.2, -0.15) is 0 Å². The lowest BCUT2D eigenvalue weighted by Crippen LogP contribution is -2.75. The molecule has 1 heterocycles. The van der Waals surface area contributed by atoms with E-state index >= 15 is 0 Å². The SMILES string of the molecule is CC1=[NH+][C@@H](C)O[C@@H]1C. The van der Waals surface area contributed by atoms with Crippen molar-refractivity contribution in [1.82, 2.24) is 0 Å². The fourth-order valence-electron chi connectivity index (χ4n) is 0.880. The summed E-state index contributed by atoms with van der Waals surface area (Å²) in [6.07, 6.45) is 0.509. The Hall–Kier alpha value is -0.370. The minimum atomic E-state index is 0.213. The summed E-state index contributed by atoms with van der Waals surface area (Å²) in [6.45, 7) is 6.10. The molecule has 0 fully saturated rings. The fourth-order valence-corrected chi connectivity index (χ4v) is 0.880. The lowest BCUT2D eigenvalue weighted by atomic mass is 10.3. The summed E-state index contributed by atoms with van der Waals surface area (Å²) in [5.74, 6) is 0. The summed E-state index contributed by atoms with van der Waals surface area (Å²) in [6, 6.07) is 0. The van der Waals surface area contributed by atoms with Gasteiger partial charge < -0.3 is 4.74 Å². The number of ether oxygens (including phenoxy) is 1. The summed E-state index contributed by atoms with van der Waals surface area (Å²) in [5.41, 5.74) is 1.23. The predicted molar refractivity (Wildman–Crippen MR) is 31.7 cm³/mol. The van der Waals surface area contributed by atoms with Crippen molar-refractivity contribution in [2.45, 2.75) is 33.1 Å². The highest BCUT2D eigenvalue weighted by molar-refractivity contribution is 5.81. The van der Waals surface area contributed by atoms with E-state index in [0.717, 1.165) is 0 Å². The highest BCUT2D eigenvalue weighted by Gasteiger charge is 2.24. The maximum absolute atomic E-state index is 5.33. The van der Waals surface area contributed by atoms with Gasteiger partial charge in [-0.05, 0) is 6.92 Å². The fraction of sp³-hybridized carbons (Fsp3) is 0.833. The molecule has 0 bridgehead atoms. The van der Waals surface area contributed by atoms with Crippen LogP contribution in [0.5, 0.6) is 0 Å². The van der Waals surface area contributed by atoms with Crippen LogP contribution >= 0.6 is 0 Å². The molecule has 1 aliphatic heterocycles. The van der Waals surface area contributed by atoms with Crippen molar-refractivity contribution in [1.29, 1.82) is 0 Å². The minimum absolute atomic E-state index is 0.213. The molecule has 0 amide bonds. The average Bonchev–Trinajstić information content (AvgIpc) is 1.85. The molecule has 1 aliphatic rings. The van der Waals surface area contributed by atoms with E-state index in [1.807, 2.05) is 20.8 Å². The zero-order valence-electron chi connectivity index (χ0n) is 5.56. The van der Waals surface area contributed by atoms with E-state index in [0.29, 0.717) is 6.10 Å². The minimum Gasteiger partial charge on any atom is -0.308 e. The second-order valence-electron chi connectivity index (χ2n) is 2.25. The third kappa shape index (κ3) is 0.892. The van der Waals surface area contributed by atoms with Crippen molar-refractivity contribution < 1.29 is 9.73 Å². The van der Waals surface area contributed by atoms with Crippen LogP contribution in [0.4, 0.5) is 0 Å². The lowest BCUT2D eigenvalue weighted by molar-refractivity contribution is -0.535. The van der Waals surface area contributed by atoms with E-state index in [1.165, 1.54) is 5.71 Å². The molecule has 2 nitrogen and oxygen atoms in total. The van der Waals surface area contributed by atoms with Crippen LogP contribution in [0.25, 0.3) is 0 Å². The summed E-state index contributed by atoms with van der Waals surface area (Å²) in [5, 5.41) is 0. The second kappa shape index (κ2) is 1.86. The number of hydrogen-bond donors (Lipinski definition) is 1. The third-order valence-corrected chi connectivity index (χ3v) is 1.45. The molecule has 2 heteroatoms. The van der Waals surface area contributed by atoms with Crippen molar-refractivity contribution in [2.24, 2.45) is 0 Å². The first kappa shape index (κ1) is 5.76. The first-order chi connectivity index (χ1) is 3.70. The lowest BCUT2D eigenvalue weighted by Gasteiger charge is -1.96. The van der Waals surface area contributed by atoms with E-state index < -0.39 is 0 Å². The topological polar surface area (TPSA) is 23.2 Å². The molecule has 0 saturated carbocycles. The smallest absolute Gasteiger partial charge is 0.253 e. The standard InChI is InChI=1S/C6H11NO/c1-4-5(2)8-6(3)7-4/h5-6H,1-3H3/p+1/t5-,6-/m1/s1. The Morgan fingerprint density at radius 2 is 2.12 bits per heavy atom. The Balaban J connectivity index is 2.59. The van der Waals surface area contributed by atoms with E-state index in [-0.39, 0.29) is 6.23 Å². The van der Waals surface area contributed by atoms with Gasteiger partial charge in [-0.3, -0.25) is 0 Å². The van der Waals surface area contributed by atoms with E-state index in [9.17, 15) is 0 Å². The molecule has 0 aromatic heterocycles. The van der Waals surface area contributed by atoms with Crippen LogP contribution < -0.4 is 4.99 Å². The number of nitrogens with one attached hydrogen (secondary N) is 1. The third-order valence-electron chi connectivity index (χ3n) is 1.45. The van der Waals surface area contributed by atoms with Crippen LogP contribution in [0, 0.1) is 0 Å². The predicted octanol–water partition coefficient (Wildman–Crippen LogP) is -0.707. The van der Waals surface area contributed by atoms with Crippen LogP contribution in [0.2, 0.25) is 0 Å². The van der Waals surface area contributed by atoms with E-state index in [4.69, 9.17) is 4.74 Å². The largest absolute Gasteiger partial charge is 0.308 e. The highest BCUT2D eigenvalue weighted by Crippen LogP contribution is 1.95. The summed E-state index contributed by atoms with van der Waals surface area (Å²) < 4.78 is 5.33. The molecular weight excluding hydrogens is 102 g/mol. The van der Waals surface area contributed by atoms with Crippen molar-refractivity contribution in [3.63, 3.8) is 0 Å².